The first kappa shape index (κ1) is 21.9. The molecule has 2 aliphatic rings. The number of nitriles is 1. The summed E-state index contributed by atoms with van der Waals surface area (Å²) < 4.78 is 7.16. The van der Waals surface area contributed by atoms with Crippen LogP contribution in [0.4, 0.5) is 0 Å². The van der Waals surface area contributed by atoms with Crippen molar-refractivity contribution in [1.29, 1.82) is 5.26 Å². The fourth-order valence-electron chi connectivity index (χ4n) is 4.71. The highest BCUT2D eigenvalue weighted by Gasteiger charge is 2.32. The number of carbonyl (C=O) groups is 1. The number of ether oxygens (including phenoxy) is 1. The fourth-order valence-corrected chi connectivity index (χ4v) is 4.71. The number of hydrogen-bond acceptors (Lipinski definition) is 6. The lowest BCUT2D eigenvalue weighted by Gasteiger charge is -2.34. The van der Waals surface area contributed by atoms with Crippen LogP contribution in [0.5, 0.6) is 5.75 Å². The average molecular weight is 435 g/mol. The summed E-state index contributed by atoms with van der Waals surface area (Å²) in [6.07, 6.45) is 11.6. The van der Waals surface area contributed by atoms with Gasteiger partial charge in [-0.3, -0.25) is 4.79 Å². The normalized spacial score (nSPS) is 22.0. The van der Waals surface area contributed by atoms with E-state index >= 15 is 0 Å². The maximum Gasteiger partial charge on any atom is 0.225 e. The van der Waals surface area contributed by atoms with Crippen LogP contribution in [0.25, 0.3) is 11.1 Å². The third-order valence-electron chi connectivity index (χ3n) is 6.57. The molecule has 1 amide bonds. The Labute approximate surface area is 188 Å². The second-order valence-corrected chi connectivity index (χ2v) is 8.60. The highest BCUT2D eigenvalue weighted by Crippen LogP contribution is 2.29. The molecule has 1 saturated carbocycles. The van der Waals surface area contributed by atoms with E-state index in [1.165, 1.54) is 6.20 Å². The van der Waals surface area contributed by atoms with Crippen LogP contribution in [0.15, 0.2) is 37.3 Å². The maximum absolute atomic E-state index is 12.7. The van der Waals surface area contributed by atoms with E-state index in [2.05, 4.69) is 23.1 Å². The molecule has 1 saturated heterocycles. The Kier molecular flexibility index (Phi) is 6.47. The molecular weight excluding hydrogens is 404 g/mol. The van der Waals surface area contributed by atoms with Gasteiger partial charge in [-0.15, -0.1) is 0 Å². The molecule has 168 valence electrons. The first-order valence-electron chi connectivity index (χ1n) is 11.1. The molecule has 1 aliphatic heterocycles. The number of carbonyl (C=O) groups excluding carboxylic acids is 1. The summed E-state index contributed by atoms with van der Waals surface area (Å²) in [6.45, 7) is 5.48. The molecule has 3 N–H and O–H groups in total. The fraction of sp³-hybridized carbons (Fsp3) is 0.458. The lowest BCUT2D eigenvalue weighted by Crippen LogP contribution is -2.45. The Morgan fingerprint density at radius 3 is 2.78 bits per heavy atom. The monoisotopic (exact) mass is 434 g/mol. The third kappa shape index (κ3) is 4.34. The van der Waals surface area contributed by atoms with Crippen molar-refractivity contribution < 1.29 is 9.53 Å². The Balaban J connectivity index is 1.41. The van der Waals surface area contributed by atoms with Crippen LogP contribution in [-0.2, 0) is 4.79 Å². The van der Waals surface area contributed by atoms with Crippen LogP contribution in [0, 0.1) is 17.2 Å². The highest BCUT2D eigenvalue weighted by atomic mass is 16.5. The molecule has 3 heterocycles. The summed E-state index contributed by atoms with van der Waals surface area (Å²) in [7, 11) is 1.58. The van der Waals surface area contributed by atoms with Crippen LogP contribution in [0.3, 0.4) is 0 Å². The number of likely N-dealkylation sites (tertiary alicyclic amines) is 1. The Morgan fingerprint density at radius 2 is 2.16 bits per heavy atom. The molecule has 32 heavy (non-hydrogen) atoms. The van der Waals surface area contributed by atoms with Crippen LogP contribution in [-0.4, -0.2) is 52.7 Å². The Hall–Kier alpha value is -3.31. The Morgan fingerprint density at radius 1 is 1.38 bits per heavy atom. The second kappa shape index (κ2) is 9.45. The number of fused-ring (bicyclic) bond motifs is 1. The van der Waals surface area contributed by atoms with Crippen molar-refractivity contribution in [3.05, 3.63) is 48.4 Å². The van der Waals surface area contributed by atoms with E-state index in [0.29, 0.717) is 22.9 Å². The lowest BCUT2D eigenvalue weighted by atomic mass is 10.0. The zero-order chi connectivity index (χ0) is 22.7. The molecule has 0 spiro atoms. The number of hydrogen-bond donors (Lipinski definition) is 2. The molecule has 2 atom stereocenters. The van der Waals surface area contributed by atoms with Gasteiger partial charge >= 0.3 is 0 Å². The summed E-state index contributed by atoms with van der Waals surface area (Å²) >= 11 is 0. The van der Waals surface area contributed by atoms with Crippen molar-refractivity contribution in [2.45, 2.75) is 44.2 Å². The van der Waals surface area contributed by atoms with Crippen LogP contribution in [0.1, 0.15) is 43.2 Å². The average Bonchev–Trinajstić information content (AvgIpc) is 3.45. The number of aromatic nitrogens is 2. The standard InChI is InChI=1S/C24H30N6O2/c1-3-16(18-11-22(32-2)23-19(12-25)14-28-30(23)15-18)13-27-21-6-8-29(9-7-21)24(31)17-4-5-20(26)10-17/h3,11,13-15,17,20-21,27H,1,4-10,26H2,2H3/b16-13+/t17-,20+/m0/s1. The van der Waals surface area contributed by atoms with Gasteiger partial charge in [-0.05, 0) is 43.7 Å². The molecule has 0 aromatic carbocycles. The van der Waals surface area contributed by atoms with Gasteiger partial charge in [0.25, 0.3) is 0 Å². The number of allylic oxidation sites excluding steroid dienone is 2. The van der Waals surface area contributed by atoms with Gasteiger partial charge in [-0.2, -0.15) is 10.4 Å². The first-order valence-corrected chi connectivity index (χ1v) is 11.1. The smallest absolute Gasteiger partial charge is 0.225 e. The number of nitrogens with one attached hydrogen (secondary N) is 1. The number of methoxy groups -OCH3 is 1. The van der Waals surface area contributed by atoms with Crippen molar-refractivity contribution >= 4 is 17.0 Å². The van der Waals surface area contributed by atoms with Crippen molar-refractivity contribution in [3.8, 4) is 11.8 Å². The van der Waals surface area contributed by atoms with Crippen molar-refractivity contribution in [3.63, 3.8) is 0 Å². The van der Waals surface area contributed by atoms with Gasteiger partial charge in [0.05, 0.1) is 13.3 Å². The molecule has 8 heteroatoms. The molecule has 4 rings (SSSR count). The minimum absolute atomic E-state index is 0.107. The van der Waals surface area contributed by atoms with E-state index in [9.17, 15) is 10.1 Å². The van der Waals surface area contributed by atoms with E-state index in [0.717, 1.165) is 56.3 Å². The number of nitrogens with zero attached hydrogens (tertiary/aromatic N) is 4. The van der Waals surface area contributed by atoms with Gasteiger partial charge < -0.3 is 20.7 Å². The molecule has 2 aromatic rings. The van der Waals surface area contributed by atoms with Crippen LogP contribution >= 0.6 is 0 Å². The molecule has 2 aromatic heterocycles. The molecule has 8 nitrogen and oxygen atoms in total. The number of amides is 1. The van der Waals surface area contributed by atoms with E-state index in [1.54, 1.807) is 17.7 Å². The van der Waals surface area contributed by atoms with Gasteiger partial charge in [-0.25, -0.2) is 4.52 Å². The number of pyridine rings is 1. The topological polar surface area (TPSA) is 109 Å². The zero-order valence-electron chi connectivity index (χ0n) is 18.5. The van der Waals surface area contributed by atoms with E-state index in [-0.39, 0.29) is 17.9 Å². The number of rotatable bonds is 6. The van der Waals surface area contributed by atoms with Gasteiger partial charge in [-0.1, -0.05) is 12.7 Å². The third-order valence-corrected chi connectivity index (χ3v) is 6.57. The van der Waals surface area contributed by atoms with Gasteiger partial charge in [0.1, 0.15) is 22.9 Å². The SMILES string of the molecule is C=C/C(=C\NC1CCN(C(=O)[C@H]2CC[C@@H](N)C2)CC1)c1cc(OC)c2c(C#N)cnn2c1. The second-order valence-electron chi connectivity index (χ2n) is 8.60. The maximum atomic E-state index is 12.7. The van der Waals surface area contributed by atoms with Crippen molar-refractivity contribution in [2.75, 3.05) is 20.2 Å². The largest absolute Gasteiger partial charge is 0.494 e. The van der Waals surface area contributed by atoms with E-state index < -0.39 is 0 Å². The quantitative estimate of drug-likeness (QED) is 0.676. The van der Waals surface area contributed by atoms with Crippen LogP contribution < -0.4 is 15.8 Å². The van der Waals surface area contributed by atoms with Crippen molar-refractivity contribution in [1.82, 2.24) is 19.8 Å². The van der Waals surface area contributed by atoms with Gasteiger partial charge in [0.2, 0.25) is 5.91 Å². The number of piperidine rings is 1. The first-order chi connectivity index (χ1) is 15.5. The predicted octanol–water partition coefficient (Wildman–Crippen LogP) is 2.45. The minimum atomic E-state index is 0.107. The van der Waals surface area contributed by atoms with Gasteiger partial charge in [0, 0.05) is 49.1 Å². The molecule has 0 unspecified atom stereocenters. The lowest BCUT2D eigenvalue weighted by molar-refractivity contribution is -0.136. The van der Waals surface area contributed by atoms with E-state index in [1.807, 2.05) is 23.4 Å². The van der Waals surface area contributed by atoms with Crippen molar-refractivity contribution in [2.24, 2.45) is 11.7 Å². The van der Waals surface area contributed by atoms with Crippen LogP contribution in [0.2, 0.25) is 0 Å². The minimum Gasteiger partial charge on any atom is -0.494 e. The molecule has 1 aliphatic carbocycles. The van der Waals surface area contributed by atoms with Gasteiger partial charge in [0.15, 0.2) is 0 Å². The summed E-state index contributed by atoms with van der Waals surface area (Å²) in [6, 6.07) is 4.50. The highest BCUT2D eigenvalue weighted by molar-refractivity contribution is 5.79. The summed E-state index contributed by atoms with van der Waals surface area (Å²) in [4.78, 5) is 14.7. The number of nitrogens with two attached hydrogens (primary N) is 1. The zero-order valence-corrected chi connectivity index (χ0v) is 18.5. The molecule has 2 fully saturated rings. The molecule has 0 radical (unpaired) electrons. The Bertz CT molecular complexity index is 1070. The predicted molar refractivity (Wildman–Crippen MR) is 123 cm³/mol. The van der Waals surface area contributed by atoms with E-state index in [4.69, 9.17) is 10.5 Å². The molecular formula is C24H30N6O2. The summed E-state index contributed by atoms with van der Waals surface area (Å²) in [5.74, 6) is 0.966. The summed E-state index contributed by atoms with van der Waals surface area (Å²) in [5.41, 5.74) is 8.88. The summed E-state index contributed by atoms with van der Waals surface area (Å²) in [5, 5.41) is 17.1. The molecule has 0 bridgehead atoms.